The number of benzene rings is 2. The smallest absolute Gasteiger partial charge is 0.339 e. The molecule has 0 bridgehead atoms. The molecular weight excluding hydrogens is 480 g/mol. The molecule has 1 heterocycles. The summed E-state index contributed by atoms with van der Waals surface area (Å²) in [7, 11) is 1.37. The van der Waals surface area contributed by atoms with E-state index in [1.165, 1.54) is 29.9 Å². The van der Waals surface area contributed by atoms with E-state index < -0.39 is 11.9 Å². The van der Waals surface area contributed by atoms with E-state index in [0.29, 0.717) is 15.5 Å². The van der Waals surface area contributed by atoms with Crippen molar-refractivity contribution in [1.29, 1.82) is 0 Å². The summed E-state index contributed by atoms with van der Waals surface area (Å²) >= 11 is 25.4. The standard InChI is InChI=1S/C19H11Cl4NO4S/c1-28-16-11(21)6-10(14(22)15(16)23)18(25)24-12-7-29-17(13(12)19(26)27)8-2-4-9(20)5-3-8/h2-7H,1H3,(H,24,25)(H,26,27). The maximum absolute atomic E-state index is 12.7. The van der Waals surface area contributed by atoms with Crippen molar-refractivity contribution in [2.45, 2.75) is 0 Å². The fourth-order valence-electron chi connectivity index (χ4n) is 2.60. The van der Waals surface area contributed by atoms with Crippen LogP contribution in [0.2, 0.25) is 20.1 Å². The number of hydrogen-bond acceptors (Lipinski definition) is 4. The van der Waals surface area contributed by atoms with E-state index in [2.05, 4.69) is 5.32 Å². The van der Waals surface area contributed by atoms with Gasteiger partial charge in [0.1, 0.15) is 10.6 Å². The fraction of sp³-hybridized carbons (Fsp3) is 0.0526. The lowest BCUT2D eigenvalue weighted by Crippen LogP contribution is -2.15. The lowest BCUT2D eigenvalue weighted by Gasteiger charge is -2.12. The number of thiophene rings is 1. The minimum atomic E-state index is -1.19. The Bertz CT molecular complexity index is 1110. The first-order chi connectivity index (χ1) is 13.7. The number of aromatic carboxylic acids is 1. The summed E-state index contributed by atoms with van der Waals surface area (Å²) in [5.74, 6) is -1.71. The molecule has 1 aromatic heterocycles. The molecule has 10 heteroatoms. The number of carbonyl (C=O) groups is 2. The monoisotopic (exact) mass is 489 g/mol. The Labute approximate surface area is 189 Å². The lowest BCUT2D eigenvalue weighted by atomic mass is 10.1. The highest BCUT2D eigenvalue weighted by atomic mass is 35.5. The molecule has 29 heavy (non-hydrogen) atoms. The zero-order valence-electron chi connectivity index (χ0n) is 14.6. The molecule has 0 unspecified atom stereocenters. The van der Waals surface area contributed by atoms with Crippen molar-refractivity contribution in [3.8, 4) is 16.2 Å². The van der Waals surface area contributed by atoms with Gasteiger partial charge in [-0.05, 0) is 23.8 Å². The van der Waals surface area contributed by atoms with E-state index in [1.54, 1.807) is 24.3 Å². The zero-order chi connectivity index (χ0) is 21.3. The molecule has 0 saturated carbocycles. The molecule has 0 spiro atoms. The van der Waals surface area contributed by atoms with Gasteiger partial charge in [-0.3, -0.25) is 4.79 Å². The molecule has 150 valence electrons. The number of ether oxygens (including phenoxy) is 1. The van der Waals surface area contributed by atoms with Crippen LogP contribution in [0.5, 0.6) is 5.75 Å². The van der Waals surface area contributed by atoms with Gasteiger partial charge in [0.2, 0.25) is 0 Å². The minimum Gasteiger partial charge on any atom is -0.494 e. The van der Waals surface area contributed by atoms with Crippen LogP contribution < -0.4 is 10.1 Å². The second kappa shape index (κ2) is 8.81. The van der Waals surface area contributed by atoms with E-state index in [-0.39, 0.29) is 37.6 Å². The molecule has 2 aromatic carbocycles. The van der Waals surface area contributed by atoms with Gasteiger partial charge in [-0.1, -0.05) is 58.5 Å². The second-order valence-electron chi connectivity index (χ2n) is 5.69. The van der Waals surface area contributed by atoms with Crippen LogP contribution in [0.1, 0.15) is 20.7 Å². The van der Waals surface area contributed by atoms with Crippen molar-refractivity contribution in [2.24, 2.45) is 0 Å². The average Bonchev–Trinajstić information content (AvgIpc) is 3.09. The van der Waals surface area contributed by atoms with Crippen molar-refractivity contribution >= 4 is 75.3 Å². The Morgan fingerprint density at radius 1 is 1.07 bits per heavy atom. The van der Waals surface area contributed by atoms with Gasteiger partial charge in [0.15, 0.2) is 5.75 Å². The van der Waals surface area contributed by atoms with Crippen molar-refractivity contribution in [3.05, 3.63) is 66.9 Å². The molecule has 0 atom stereocenters. The number of methoxy groups -OCH3 is 1. The average molecular weight is 491 g/mol. The number of carboxylic acids is 1. The van der Waals surface area contributed by atoms with Gasteiger partial charge < -0.3 is 15.2 Å². The lowest BCUT2D eigenvalue weighted by molar-refractivity contribution is 0.0699. The Morgan fingerprint density at radius 2 is 1.72 bits per heavy atom. The van der Waals surface area contributed by atoms with E-state index >= 15 is 0 Å². The molecule has 0 radical (unpaired) electrons. The number of carboxylic acid groups (broad SMARTS) is 1. The Morgan fingerprint density at radius 3 is 2.31 bits per heavy atom. The van der Waals surface area contributed by atoms with Crippen LogP contribution in [0.3, 0.4) is 0 Å². The Balaban J connectivity index is 2.00. The first-order valence-electron chi connectivity index (χ1n) is 7.88. The highest BCUT2D eigenvalue weighted by Crippen LogP contribution is 2.41. The van der Waals surface area contributed by atoms with Gasteiger partial charge in [0, 0.05) is 10.4 Å². The summed E-state index contributed by atoms with van der Waals surface area (Å²) in [6.07, 6.45) is 0. The zero-order valence-corrected chi connectivity index (χ0v) is 18.4. The van der Waals surface area contributed by atoms with Crippen LogP contribution in [0, 0.1) is 0 Å². The first kappa shape index (κ1) is 21.7. The van der Waals surface area contributed by atoms with Gasteiger partial charge in [0.25, 0.3) is 5.91 Å². The largest absolute Gasteiger partial charge is 0.494 e. The summed E-state index contributed by atoms with van der Waals surface area (Å²) in [4.78, 5) is 25.1. The molecule has 0 saturated heterocycles. The summed E-state index contributed by atoms with van der Waals surface area (Å²) in [5.41, 5.74) is 0.716. The van der Waals surface area contributed by atoms with Crippen LogP contribution >= 0.6 is 57.7 Å². The minimum absolute atomic E-state index is 0.0157. The predicted molar refractivity (Wildman–Crippen MR) is 118 cm³/mol. The molecule has 3 rings (SSSR count). The van der Waals surface area contributed by atoms with Crippen LogP contribution in [0.25, 0.3) is 10.4 Å². The van der Waals surface area contributed by atoms with Crippen molar-refractivity contribution in [3.63, 3.8) is 0 Å². The van der Waals surface area contributed by atoms with Crippen LogP contribution in [-0.4, -0.2) is 24.1 Å². The molecule has 0 aliphatic carbocycles. The van der Waals surface area contributed by atoms with Crippen molar-refractivity contribution in [2.75, 3.05) is 12.4 Å². The SMILES string of the molecule is COc1c(Cl)cc(C(=O)Nc2csc(-c3ccc(Cl)cc3)c2C(=O)O)c(Cl)c1Cl. The quantitative estimate of drug-likeness (QED) is 0.378. The highest BCUT2D eigenvalue weighted by molar-refractivity contribution is 7.14. The van der Waals surface area contributed by atoms with Crippen LogP contribution in [-0.2, 0) is 0 Å². The second-order valence-corrected chi connectivity index (χ2v) is 8.17. The number of amides is 1. The van der Waals surface area contributed by atoms with Crippen molar-refractivity contribution in [1.82, 2.24) is 0 Å². The molecule has 0 fully saturated rings. The molecule has 2 N–H and O–H groups in total. The number of anilines is 1. The number of rotatable bonds is 5. The normalized spacial score (nSPS) is 10.7. The van der Waals surface area contributed by atoms with Gasteiger partial charge in [-0.2, -0.15) is 0 Å². The summed E-state index contributed by atoms with van der Waals surface area (Å²) in [5, 5.41) is 14.3. The van der Waals surface area contributed by atoms with Crippen LogP contribution in [0.4, 0.5) is 5.69 Å². The highest BCUT2D eigenvalue weighted by Gasteiger charge is 2.24. The fourth-order valence-corrected chi connectivity index (χ4v) is 4.56. The summed E-state index contributed by atoms with van der Waals surface area (Å²) < 4.78 is 5.06. The van der Waals surface area contributed by atoms with Crippen LogP contribution in [0.15, 0.2) is 35.7 Å². The molecular formula is C19H11Cl4NO4S. The predicted octanol–water partition coefficient (Wildman–Crippen LogP) is 6.99. The summed E-state index contributed by atoms with van der Waals surface area (Å²) in [6, 6.07) is 8.01. The third-order valence-corrected chi connectivity index (χ3v) is 6.34. The first-order valence-corrected chi connectivity index (χ1v) is 10.3. The van der Waals surface area contributed by atoms with E-state index in [0.717, 1.165) is 0 Å². The van der Waals surface area contributed by atoms with Crippen molar-refractivity contribution < 1.29 is 19.4 Å². The van der Waals surface area contributed by atoms with Gasteiger partial charge >= 0.3 is 5.97 Å². The maximum atomic E-state index is 12.7. The third kappa shape index (κ3) is 4.32. The number of hydrogen-bond donors (Lipinski definition) is 2. The Kier molecular flexibility index (Phi) is 6.61. The Hall–Kier alpha value is -1.96. The molecule has 5 nitrogen and oxygen atoms in total. The molecule has 3 aromatic rings. The number of carbonyl (C=O) groups excluding carboxylic acids is 1. The van der Waals surface area contributed by atoms with E-state index in [9.17, 15) is 14.7 Å². The summed E-state index contributed by atoms with van der Waals surface area (Å²) in [6.45, 7) is 0. The molecule has 0 aliphatic heterocycles. The molecule has 0 aliphatic rings. The number of nitrogens with one attached hydrogen (secondary N) is 1. The third-order valence-electron chi connectivity index (χ3n) is 3.92. The maximum Gasteiger partial charge on any atom is 0.339 e. The van der Waals surface area contributed by atoms with E-state index in [4.69, 9.17) is 51.1 Å². The van der Waals surface area contributed by atoms with Gasteiger partial charge in [-0.15, -0.1) is 11.3 Å². The topological polar surface area (TPSA) is 75.6 Å². The van der Waals surface area contributed by atoms with E-state index in [1.807, 2.05) is 0 Å². The molecule has 1 amide bonds. The number of halogens is 4. The van der Waals surface area contributed by atoms with Gasteiger partial charge in [0.05, 0.1) is 33.3 Å². The van der Waals surface area contributed by atoms with Gasteiger partial charge in [-0.25, -0.2) is 4.79 Å².